The van der Waals surface area contributed by atoms with E-state index in [1.807, 2.05) is 6.07 Å². The third-order valence-corrected chi connectivity index (χ3v) is 6.54. The molecule has 5 heteroatoms. The summed E-state index contributed by atoms with van der Waals surface area (Å²) in [5, 5.41) is 13.0. The van der Waals surface area contributed by atoms with Crippen molar-refractivity contribution < 1.29 is 14.2 Å². The molecule has 2 aromatic heterocycles. The number of nitrogens with one attached hydrogen (secondary N) is 1. The molecule has 0 saturated heterocycles. The minimum atomic E-state index is -1.00. The van der Waals surface area contributed by atoms with Crippen LogP contribution in [-0.4, -0.2) is 27.3 Å². The number of H-pyrrole nitrogens is 1. The van der Waals surface area contributed by atoms with Crippen LogP contribution >= 0.6 is 0 Å². The molecule has 1 aliphatic heterocycles. The Morgan fingerprint density at radius 2 is 2.03 bits per heavy atom. The smallest absolute Gasteiger partial charge is 0.123 e. The Balaban J connectivity index is 1.72. The second-order valence-electron chi connectivity index (χ2n) is 9.69. The van der Waals surface area contributed by atoms with Crippen LogP contribution in [0.2, 0.25) is 0 Å². The molecule has 1 aliphatic rings. The summed E-state index contributed by atoms with van der Waals surface area (Å²) in [6, 6.07) is 8.73. The molecule has 0 saturated carbocycles. The molecular formula is C24H29FN2O2. The average Bonchev–Trinajstić information content (AvgIpc) is 3.03. The maximum atomic E-state index is 14.0. The zero-order valence-corrected chi connectivity index (χ0v) is 17.6. The SMILES string of the molecule is CC1(CC(O)(Cc2cc3ccncc3[nH]2)C(C)(C)C)CCOc2ccc(F)cc21. The number of hydrogen-bond acceptors (Lipinski definition) is 3. The lowest BCUT2D eigenvalue weighted by Crippen LogP contribution is -2.50. The number of aromatic nitrogens is 2. The molecule has 1 aromatic carbocycles. The van der Waals surface area contributed by atoms with E-state index in [0.29, 0.717) is 25.2 Å². The van der Waals surface area contributed by atoms with Gasteiger partial charge in [-0.25, -0.2) is 4.39 Å². The van der Waals surface area contributed by atoms with Crippen molar-refractivity contribution >= 4 is 10.9 Å². The van der Waals surface area contributed by atoms with Crippen LogP contribution in [0.3, 0.4) is 0 Å². The van der Waals surface area contributed by atoms with Crippen molar-refractivity contribution in [2.45, 2.75) is 58.0 Å². The summed E-state index contributed by atoms with van der Waals surface area (Å²) in [6.07, 6.45) is 5.29. The molecule has 0 bridgehead atoms. The normalized spacial score (nSPS) is 21.4. The number of aromatic amines is 1. The van der Waals surface area contributed by atoms with Crippen LogP contribution in [0.15, 0.2) is 42.7 Å². The summed E-state index contributed by atoms with van der Waals surface area (Å²) >= 11 is 0. The summed E-state index contributed by atoms with van der Waals surface area (Å²) in [7, 11) is 0. The Morgan fingerprint density at radius 3 is 2.76 bits per heavy atom. The lowest BCUT2D eigenvalue weighted by atomic mass is 9.62. The number of fused-ring (bicyclic) bond motifs is 2. The number of ether oxygens (including phenoxy) is 1. The predicted molar refractivity (Wildman–Crippen MR) is 113 cm³/mol. The van der Waals surface area contributed by atoms with Crippen LogP contribution in [0.5, 0.6) is 5.75 Å². The van der Waals surface area contributed by atoms with Gasteiger partial charge in [-0.2, -0.15) is 0 Å². The van der Waals surface area contributed by atoms with Gasteiger partial charge in [-0.15, -0.1) is 0 Å². The van der Waals surface area contributed by atoms with E-state index in [1.54, 1.807) is 24.5 Å². The molecule has 0 radical (unpaired) electrons. The number of pyridine rings is 1. The summed E-state index contributed by atoms with van der Waals surface area (Å²) in [5.74, 6) is 0.441. The lowest BCUT2D eigenvalue weighted by molar-refractivity contribution is -0.0824. The van der Waals surface area contributed by atoms with Crippen molar-refractivity contribution in [1.29, 1.82) is 0 Å². The van der Waals surface area contributed by atoms with Crippen molar-refractivity contribution in [2.75, 3.05) is 6.61 Å². The van der Waals surface area contributed by atoms with Crippen molar-refractivity contribution in [3.8, 4) is 5.75 Å². The molecule has 0 amide bonds. The van der Waals surface area contributed by atoms with Crippen LogP contribution in [0.25, 0.3) is 10.9 Å². The van der Waals surface area contributed by atoms with E-state index in [9.17, 15) is 9.50 Å². The second kappa shape index (κ2) is 6.84. The van der Waals surface area contributed by atoms with Gasteiger partial charge in [0.2, 0.25) is 0 Å². The first-order valence-corrected chi connectivity index (χ1v) is 10.2. The Hall–Kier alpha value is -2.40. The molecule has 29 heavy (non-hydrogen) atoms. The van der Waals surface area contributed by atoms with Gasteiger partial charge in [0.1, 0.15) is 11.6 Å². The first-order valence-electron chi connectivity index (χ1n) is 10.2. The van der Waals surface area contributed by atoms with Crippen molar-refractivity contribution in [2.24, 2.45) is 5.41 Å². The quantitative estimate of drug-likeness (QED) is 0.641. The van der Waals surface area contributed by atoms with E-state index in [0.717, 1.165) is 28.6 Å². The molecule has 2 unspecified atom stereocenters. The maximum absolute atomic E-state index is 14.0. The minimum Gasteiger partial charge on any atom is -0.493 e. The number of nitrogens with zero attached hydrogens (tertiary/aromatic N) is 1. The predicted octanol–water partition coefficient (Wildman–Crippen LogP) is 5.15. The van der Waals surface area contributed by atoms with Gasteiger partial charge in [-0.05, 0) is 48.6 Å². The van der Waals surface area contributed by atoms with Gasteiger partial charge in [0.05, 0.1) is 23.9 Å². The number of rotatable bonds is 4. The number of aliphatic hydroxyl groups is 1. The highest BCUT2D eigenvalue weighted by atomic mass is 19.1. The molecular weight excluding hydrogens is 367 g/mol. The zero-order valence-electron chi connectivity index (χ0n) is 17.6. The molecule has 3 heterocycles. The highest BCUT2D eigenvalue weighted by Gasteiger charge is 2.47. The number of hydrogen-bond donors (Lipinski definition) is 2. The second-order valence-corrected chi connectivity index (χ2v) is 9.69. The summed E-state index contributed by atoms with van der Waals surface area (Å²) < 4.78 is 19.8. The van der Waals surface area contributed by atoms with E-state index in [2.05, 4.69) is 43.7 Å². The van der Waals surface area contributed by atoms with E-state index in [1.165, 1.54) is 6.07 Å². The Kier molecular flexibility index (Phi) is 4.69. The largest absolute Gasteiger partial charge is 0.493 e. The summed E-state index contributed by atoms with van der Waals surface area (Å²) in [4.78, 5) is 7.56. The standard InChI is InChI=1S/C24H29FN2O2/c1-22(2,3)24(28,13-18-11-16-7-9-26-14-20(16)27-18)15-23(4)8-10-29-21-6-5-17(25)12-19(21)23/h5-7,9,11-12,14,27-28H,8,10,13,15H2,1-4H3. The highest BCUT2D eigenvalue weighted by Crippen LogP contribution is 2.48. The van der Waals surface area contributed by atoms with E-state index >= 15 is 0 Å². The molecule has 0 fully saturated rings. The van der Waals surface area contributed by atoms with Crippen LogP contribution in [0.1, 0.15) is 51.8 Å². The van der Waals surface area contributed by atoms with Crippen LogP contribution in [-0.2, 0) is 11.8 Å². The van der Waals surface area contributed by atoms with Gasteiger partial charge < -0.3 is 14.8 Å². The van der Waals surface area contributed by atoms with Crippen LogP contribution in [0.4, 0.5) is 4.39 Å². The van der Waals surface area contributed by atoms with Crippen molar-refractivity contribution in [3.63, 3.8) is 0 Å². The van der Waals surface area contributed by atoms with Crippen molar-refractivity contribution in [3.05, 3.63) is 59.8 Å². The Labute approximate surface area is 171 Å². The lowest BCUT2D eigenvalue weighted by Gasteiger charge is -2.47. The average molecular weight is 397 g/mol. The molecule has 2 N–H and O–H groups in total. The fourth-order valence-corrected chi connectivity index (χ4v) is 4.49. The minimum absolute atomic E-state index is 0.275. The first kappa shape index (κ1) is 19.9. The Bertz CT molecular complexity index is 1010. The van der Waals surface area contributed by atoms with Gasteiger partial charge in [-0.3, -0.25) is 4.98 Å². The monoisotopic (exact) mass is 396 g/mol. The topological polar surface area (TPSA) is 58.1 Å². The molecule has 4 nitrogen and oxygen atoms in total. The van der Waals surface area contributed by atoms with E-state index in [4.69, 9.17) is 4.74 Å². The van der Waals surface area contributed by atoms with E-state index in [-0.39, 0.29) is 16.6 Å². The molecule has 4 rings (SSSR count). The number of halogens is 1. The fraction of sp³-hybridized carbons (Fsp3) is 0.458. The van der Waals surface area contributed by atoms with Crippen LogP contribution in [0, 0.1) is 11.2 Å². The molecule has 154 valence electrons. The summed E-state index contributed by atoms with van der Waals surface area (Å²) in [6.45, 7) is 8.86. The highest BCUT2D eigenvalue weighted by molar-refractivity contribution is 5.79. The summed E-state index contributed by atoms with van der Waals surface area (Å²) in [5.41, 5.74) is 1.01. The maximum Gasteiger partial charge on any atom is 0.123 e. The third-order valence-electron chi connectivity index (χ3n) is 6.54. The van der Waals surface area contributed by atoms with Gasteiger partial charge in [-0.1, -0.05) is 27.7 Å². The van der Waals surface area contributed by atoms with Gasteiger partial charge >= 0.3 is 0 Å². The number of benzene rings is 1. The molecule has 3 aromatic rings. The van der Waals surface area contributed by atoms with Gasteiger partial charge in [0.25, 0.3) is 0 Å². The van der Waals surface area contributed by atoms with Crippen LogP contribution < -0.4 is 4.74 Å². The van der Waals surface area contributed by atoms with Gasteiger partial charge in [0.15, 0.2) is 0 Å². The fourth-order valence-electron chi connectivity index (χ4n) is 4.49. The molecule has 0 spiro atoms. The van der Waals surface area contributed by atoms with Crippen molar-refractivity contribution in [1.82, 2.24) is 9.97 Å². The zero-order chi connectivity index (χ0) is 20.9. The third kappa shape index (κ3) is 3.64. The first-order chi connectivity index (χ1) is 13.6. The van der Waals surface area contributed by atoms with E-state index < -0.39 is 5.60 Å². The Morgan fingerprint density at radius 1 is 1.24 bits per heavy atom. The molecule has 0 aliphatic carbocycles. The van der Waals surface area contributed by atoms with Gasteiger partial charge in [0, 0.05) is 34.7 Å². The molecule has 2 atom stereocenters.